The first-order chi connectivity index (χ1) is 14.1. The van der Waals surface area contributed by atoms with Crippen molar-refractivity contribution in [2.45, 2.75) is 12.3 Å². The molecule has 29 heavy (non-hydrogen) atoms. The van der Waals surface area contributed by atoms with E-state index in [9.17, 15) is 14.0 Å². The highest BCUT2D eigenvalue weighted by Gasteiger charge is 2.16. The maximum Gasteiger partial charge on any atom is 0.251 e. The van der Waals surface area contributed by atoms with Gasteiger partial charge in [-0.2, -0.15) is 5.26 Å². The van der Waals surface area contributed by atoms with Gasteiger partial charge in [0, 0.05) is 23.6 Å². The second kappa shape index (κ2) is 9.43. The highest BCUT2D eigenvalue weighted by Crippen LogP contribution is 2.28. The van der Waals surface area contributed by atoms with Crippen LogP contribution < -0.4 is 5.32 Å². The maximum atomic E-state index is 13.3. The van der Waals surface area contributed by atoms with Gasteiger partial charge < -0.3 is 5.32 Å². The Morgan fingerprint density at radius 1 is 1.03 bits per heavy atom. The molecule has 0 saturated heterocycles. The number of hydrogen-bond donors (Lipinski definition) is 1. The van der Waals surface area contributed by atoms with Gasteiger partial charge in [0.2, 0.25) is 0 Å². The minimum atomic E-state index is -0.316. The van der Waals surface area contributed by atoms with Crippen LogP contribution in [-0.2, 0) is 0 Å². The standard InChI is InChI=1S/C24H19FN2O2/c25-22-10-8-19(9-11-22)23(21-3-1-2-18(14-21)16-28)12-13-27-24(29)20-6-4-17(15-26)5-7-20/h1-11,14,16,23H,12-13H2,(H,27,29). The van der Waals surface area contributed by atoms with Crippen LogP contribution in [-0.4, -0.2) is 18.7 Å². The second-order valence-electron chi connectivity index (χ2n) is 6.63. The van der Waals surface area contributed by atoms with E-state index >= 15 is 0 Å². The van der Waals surface area contributed by atoms with Crippen molar-refractivity contribution in [3.63, 3.8) is 0 Å². The van der Waals surface area contributed by atoms with Crippen molar-refractivity contribution in [1.29, 1.82) is 5.26 Å². The summed E-state index contributed by atoms with van der Waals surface area (Å²) in [4.78, 5) is 23.5. The lowest BCUT2D eigenvalue weighted by Crippen LogP contribution is -2.25. The molecule has 1 unspecified atom stereocenters. The quantitative estimate of drug-likeness (QED) is 0.610. The molecule has 144 valence electrons. The molecule has 0 aromatic heterocycles. The van der Waals surface area contributed by atoms with E-state index < -0.39 is 0 Å². The number of halogens is 1. The second-order valence-corrected chi connectivity index (χ2v) is 6.63. The van der Waals surface area contributed by atoms with Crippen LogP contribution in [0.15, 0.2) is 72.8 Å². The Morgan fingerprint density at radius 2 is 1.76 bits per heavy atom. The fraction of sp³-hybridized carbons (Fsp3) is 0.125. The first-order valence-corrected chi connectivity index (χ1v) is 9.19. The zero-order chi connectivity index (χ0) is 20.6. The van der Waals surface area contributed by atoms with Crippen molar-refractivity contribution in [2.24, 2.45) is 0 Å². The summed E-state index contributed by atoms with van der Waals surface area (Å²) in [6, 6.07) is 21.9. The summed E-state index contributed by atoms with van der Waals surface area (Å²) in [5.74, 6) is -0.644. The molecule has 1 amide bonds. The van der Waals surface area contributed by atoms with E-state index in [4.69, 9.17) is 5.26 Å². The molecule has 0 aliphatic rings. The molecule has 0 radical (unpaired) electrons. The van der Waals surface area contributed by atoms with Crippen molar-refractivity contribution >= 4 is 12.2 Å². The SMILES string of the molecule is N#Cc1ccc(C(=O)NCCC(c2ccc(F)cc2)c2cccc(C=O)c2)cc1. The molecule has 1 atom stereocenters. The van der Waals surface area contributed by atoms with Crippen LogP contribution in [0.5, 0.6) is 0 Å². The average molecular weight is 386 g/mol. The Kier molecular flexibility index (Phi) is 6.49. The van der Waals surface area contributed by atoms with Gasteiger partial charge in [0.15, 0.2) is 0 Å². The van der Waals surface area contributed by atoms with E-state index in [1.165, 1.54) is 12.1 Å². The third-order valence-electron chi connectivity index (χ3n) is 4.72. The minimum Gasteiger partial charge on any atom is -0.352 e. The highest BCUT2D eigenvalue weighted by molar-refractivity contribution is 5.94. The van der Waals surface area contributed by atoms with Gasteiger partial charge in [-0.05, 0) is 60.0 Å². The molecule has 0 saturated carbocycles. The van der Waals surface area contributed by atoms with E-state index in [0.717, 1.165) is 17.4 Å². The van der Waals surface area contributed by atoms with E-state index in [0.29, 0.717) is 29.7 Å². The monoisotopic (exact) mass is 386 g/mol. The van der Waals surface area contributed by atoms with E-state index in [1.807, 2.05) is 24.3 Å². The van der Waals surface area contributed by atoms with E-state index in [-0.39, 0.29) is 17.6 Å². The number of carbonyl (C=O) groups excluding carboxylic acids is 2. The molecule has 5 heteroatoms. The molecule has 4 nitrogen and oxygen atoms in total. The van der Waals surface area contributed by atoms with Gasteiger partial charge in [0.25, 0.3) is 5.91 Å². The lowest BCUT2D eigenvalue weighted by Gasteiger charge is -2.19. The maximum absolute atomic E-state index is 13.3. The molecule has 0 heterocycles. The lowest BCUT2D eigenvalue weighted by molar-refractivity contribution is 0.0952. The zero-order valence-electron chi connectivity index (χ0n) is 15.6. The van der Waals surface area contributed by atoms with Crippen LogP contribution in [0, 0.1) is 17.1 Å². The first-order valence-electron chi connectivity index (χ1n) is 9.19. The smallest absolute Gasteiger partial charge is 0.251 e. The van der Waals surface area contributed by atoms with Crippen LogP contribution in [0.25, 0.3) is 0 Å². The van der Waals surface area contributed by atoms with Gasteiger partial charge in [-0.25, -0.2) is 4.39 Å². The molecule has 0 aliphatic carbocycles. The number of rotatable bonds is 7. The minimum absolute atomic E-state index is 0.100. The van der Waals surface area contributed by atoms with Crippen molar-refractivity contribution < 1.29 is 14.0 Å². The largest absolute Gasteiger partial charge is 0.352 e. The zero-order valence-corrected chi connectivity index (χ0v) is 15.6. The summed E-state index contributed by atoms with van der Waals surface area (Å²) in [6.45, 7) is 0.395. The number of carbonyl (C=O) groups is 2. The van der Waals surface area contributed by atoms with Gasteiger partial charge in [-0.15, -0.1) is 0 Å². The van der Waals surface area contributed by atoms with Crippen LogP contribution in [0.1, 0.15) is 49.7 Å². The number of nitriles is 1. The molecule has 3 aromatic carbocycles. The summed E-state index contributed by atoms with van der Waals surface area (Å²) in [5, 5.41) is 11.7. The Labute approximate surface area is 168 Å². The molecular formula is C24H19FN2O2. The molecule has 0 fully saturated rings. The molecular weight excluding hydrogens is 367 g/mol. The van der Waals surface area contributed by atoms with Crippen LogP contribution in [0.2, 0.25) is 0 Å². The fourth-order valence-corrected chi connectivity index (χ4v) is 3.20. The normalized spacial score (nSPS) is 11.3. The third kappa shape index (κ3) is 5.14. The van der Waals surface area contributed by atoms with Gasteiger partial charge in [-0.1, -0.05) is 30.3 Å². The fourth-order valence-electron chi connectivity index (χ4n) is 3.20. The Morgan fingerprint density at radius 3 is 2.41 bits per heavy atom. The molecule has 1 N–H and O–H groups in total. The summed E-state index contributed by atoms with van der Waals surface area (Å²) in [6.07, 6.45) is 1.37. The number of benzene rings is 3. The molecule has 0 aliphatic heterocycles. The Balaban J connectivity index is 1.74. The van der Waals surface area contributed by atoms with Gasteiger partial charge in [0.05, 0.1) is 11.6 Å². The summed E-state index contributed by atoms with van der Waals surface area (Å²) >= 11 is 0. The van der Waals surface area contributed by atoms with E-state index in [2.05, 4.69) is 5.32 Å². The first kappa shape index (κ1) is 20.0. The predicted molar refractivity (Wildman–Crippen MR) is 108 cm³/mol. The van der Waals surface area contributed by atoms with Crippen LogP contribution >= 0.6 is 0 Å². The van der Waals surface area contributed by atoms with Crippen LogP contribution in [0.3, 0.4) is 0 Å². The molecule has 0 bridgehead atoms. The van der Waals surface area contributed by atoms with Crippen molar-refractivity contribution in [2.75, 3.05) is 6.54 Å². The van der Waals surface area contributed by atoms with Crippen LogP contribution in [0.4, 0.5) is 4.39 Å². The number of nitrogens with zero attached hydrogens (tertiary/aromatic N) is 1. The highest BCUT2D eigenvalue weighted by atomic mass is 19.1. The summed E-state index contributed by atoms with van der Waals surface area (Å²) in [5.41, 5.74) is 3.37. The van der Waals surface area contributed by atoms with Crippen molar-refractivity contribution in [3.8, 4) is 6.07 Å². The molecule has 0 spiro atoms. The van der Waals surface area contributed by atoms with E-state index in [1.54, 1.807) is 42.5 Å². The van der Waals surface area contributed by atoms with Gasteiger partial charge >= 0.3 is 0 Å². The number of aldehydes is 1. The van der Waals surface area contributed by atoms with Gasteiger partial charge in [-0.3, -0.25) is 9.59 Å². The Hall–Kier alpha value is -3.78. The Bertz CT molecular complexity index is 1040. The van der Waals surface area contributed by atoms with Crippen molar-refractivity contribution in [3.05, 3.63) is 106 Å². The van der Waals surface area contributed by atoms with Gasteiger partial charge in [0.1, 0.15) is 12.1 Å². The molecule has 3 rings (SSSR count). The molecule has 3 aromatic rings. The summed E-state index contributed by atoms with van der Waals surface area (Å²) < 4.78 is 13.3. The summed E-state index contributed by atoms with van der Waals surface area (Å²) in [7, 11) is 0. The topological polar surface area (TPSA) is 70.0 Å². The number of nitrogens with one attached hydrogen (secondary N) is 1. The third-order valence-corrected chi connectivity index (χ3v) is 4.72. The predicted octanol–water partition coefficient (Wildman–Crippen LogP) is 4.46. The lowest BCUT2D eigenvalue weighted by atomic mass is 9.87. The van der Waals surface area contributed by atoms with Crippen molar-refractivity contribution in [1.82, 2.24) is 5.32 Å². The number of hydrogen-bond acceptors (Lipinski definition) is 3. The number of amides is 1. The average Bonchev–Trinajstić information content (AvgIpc) is 2.77.